The van der Waals surface area contributed by atoms with E-state index in [4.69, 9.17) is 4.74 Å². The van der Waals surface area contributed by atoms with Crippen LogP contribution >= 0.6 is 0 Å². The van der Waals surface area contributed by atoms with E-state index in [1.165, 1.54) is 10.2 Å². The van der Waals surface area contributed by atoms with Crippen LogP contribution in [0.25, 0.3) is 16.7 Å². The van der Waals surface area contributed by atoms with Crippen molar-refractivity contribution in [2.75, 3.05) is 18.0 Å². The third kappa shape index (κ3) is 4.31. The second kappa shape index (κ2) is 8.26. The molecule has 1 aliphatic rings. The van der Waals surface area contributed by atoms with Crippen molar-refractivity contribution >= 4 is 38.7 Å². The second-order valence-corrected chi connectivity index (χ2v) is 11.6. The minimum Gasteiger partial charge on any atom is -0.444 e. The van der Waals surface area contributed by atoms with E-state index in [1.807, 2.05) is 32.1 Å². The van der Waals surface area contributed by atoms with Gasteiger partial charge in [0.1, 0.15) is 5.60 Å². The number of ether oxygens (including phenoxy) is 1. The Morgan fingerprint density at radius 2 is 1.83 bits per heavy atom. The minimum atomic E-state index is -3.81. The van der Waals surface area contributed by atoms with Gasteiger partial charge in [0.2, 0.25) is 5.95 Å². The van der Waals surface area contributed by atoms with Gasteiger partial charge < -0.3 is 15.0 Å². The van der Waals surface area contributed by atoms with Crippen LogP contribution in [0.3, 0.4) is 0 Å². The molecule has 0 spiro atoms. The largest absolute Gasteiger partial charge is 0.444 e. The summed E-state index contributed by atoms with van der Waals surface area (Å²) in [6.45, 7) is 8.64. The van der Waals surface area contributed by atoms with Crippen LogP contribution in [0.2, 0.25) is 0 Å². The number of benzene rings is 1. The number of amides is 1. The number of rotatable bonds is 4. The Morgan fingerprint density at radius 1 is 1.11 bits per heavy atom. The van der Waals surface area contributed by atoms with Gasteiger partial charge in [-0.05, 0) is 52.3 Å². The van der Waals surface area contributed by atoms with Crippen molar-refractivity contribution < 1.29 is 17.9 Å². The molecule has 35 heavy (non-hydrogen) atoms. The number of nitrogens with zero attached hydrogens (tertiary/aromatic N) is 5. The molecular formula is C24H28N6O4S. The molecule has 4 heterocycles. The molecule has 0 saturated carbocycles. The van der Waals surface area contributed by atoms with Gasteiger partial charge in [0.05, 0.1) is 34.4 Å². The Hall–Kier alpha value is -3.60. The van der Waals surface area contributed by atoms with Crippen LogP contribution in [0, 0.1) is 6.92 Å². The maximum Gasteiger partial charge on any atom is 0.407 e. The number of aryl methyl sites for hydroxylation is 1. The Kier molecular flexibility index (Phi) is 5.47. The first-order valence-corrected chi connectivity index (χ1v) is 12.9. The van der Waals surface area contributed by atoms with E-state index in [2.05, 4.69) is 20.2 Å². The van der Waals surface area contributed by atoms with Crippen molar-refractivity contribution in [1.29, 1.82) is 0 Å². The summed E-state index contributed by atoms with van der Waals surface area (Å²) in [6, 6.07) is 8.39. The fourth-order valence-corrected chi connectivity index (χ4v) is 5.59. The van der Waals surface area contributed by atoms with Gasteiger partial charge in [-0.25, -0.2) is 27.2 Å². The number of carbonyl (C=O) groups excluding carboxylic acids is 1. The Labute approximate surface area is 203 Å². The van der Waals surface area contributed by atoms with Gasteiger partial charge in [-0.3, -0.25) is 4.40 Å². The second-order valence-electron chi connectivity index (χ2n) is 9.79. The number of fused-ring (bicyclic) bond motifs is 3. The molecule has 184 valence electrons. The predicted molar refractivity (Wildman–Crippen MR) is 132 cm³/mol. The van der Waals surface area contributed by atoms with E-state index >= 15 is 0 Å². The number of imidazole rings is 1. The van der Waals surface area contributed by atoms with Crippen LogP contribution in [0.15, 0.2) is 53.8 Å². The number of hydrogen-bond donors (Lipinski definition) is 1. The summed E-state index contributed by atoms with van der Waals surface area (Å²) < 4.78 is 35.1. The summed E-state index contributed by atoms with van der Waals surface area (Å²) in [5.74, 6) is 0.673. The van der Waals surface area contributed by atoms with Crippen molar-refractivity contribution in [1.82, 2.24) is 23.7 Å². The maximum atomic E-state index is 13.3. The quantitative estimate of drug-likeness (QED) is 0.461. The average Bonchev–Trinajstić information content (AvgIpc) is 3.49. The van der Waals surface area contributed by atoms with Crippen LogP contribution in [0.1, 0.15) is 32.8 Å². The standard InChI is InChI=1S/C24H28N6O4S/c1-16-5-7-19(8-6-16)35(32,33)29-12-10-20-21(29)25-13-18-14-26-22(30(18)20)28-11-9-17(15-28)27-23(31)34-24(2,3)4/h5-8,10,12-14,17H,9,11,15H2,1-4H3,(H,27,31). The predicted octanol–water partition coefficient (Wildman–Crippen LogP) is 3.33. The van der Waals surface area contributed by atoms with Crippen LogP contribution in [-0.4, -0.2) is 57.6 Å². The zero-order valence-corrected chi connectivity index (χ0v) is 20.9. The van der Waals surface area contributed by atoms with Crippen LogP contribution in [0.5, 0.6) is 0 Å². The maximum absolute atomic E-state index is 13.3. The van der Waals surface area contributed by atoms with Crippen molar-refractivity contribution in [3.05, 3.63) is 54.5 Å². The van der Waals surface area contributed by atoms with Crippen LogP contribution in [-0.2, 0) is 14.8 Å². The normalized spacial score (nSPS) is 16.8. The fraction of sp³-hybridized carbons (Fsp3) is 0.375. The van der Waals surface area contributed by atoms with E-state index in [-0.39, 0.29) is 10.9 Å². The molecule has 1 N–H and O–H groups in total. The molecule has 0 bridgehead atoms. The van der Waals surface area contributed by atoms with E-state index in [0.717, 1.165) is 17.5 Å². The van der Waals surface area contributed by atoms with Gasteiger partial charge in [0.15, 0.2) is 5.65 Å². The molecule has 5 rings (SSSR count). The highest BCUT2D eigenvalue weighted by Crippen LogP contribution is 2.27. The zero-order chi connectivity index (χ0) is 25.0. The molecule has 4 aromatic rings. The molecule has 1 aliphatic heterocycles. The summed E-state index contributed by atoms with van der Waals surface area (Å²) in [6.07, 6.45) is 5.15. The third-order valence-electron chi connectivity index (χ3n) is 5.91. The van der Waals surface area contributed by atoms with E-state index in [1.54, 1.807) is 42.7 Å². The topological polar surface area (TPSA) is 111 Å². The van der Waals surface area contributed by atoms with E-state index < -0.39 is 21.7 Å². The number of anilines is 1. The summed E-state index contributed by atoms with van der Waals surface area (Å²) in [5, 5.41) is 2.92. The molecule has 1 saturated heterocycles. The monoisotopic (exact) mass is 496 g/mol. The average molecular weight is 497 g/mol. The molecule has 10 nitrogen and oxygen atoms in total. The van der Waals surface area contributed by atoms with Crippen molar-refractivity contribution in [3.63, 3.8) is 0 Å². The van der Waals surface area contributed by atoms with Gasteiger partial charge in [-0.15, -0.1) is 0 Å². The smallest absolute Gasteiger partial charge is 0.407 e. The highest BCUT2D eigenvalue weighted by molar-refractivity contribution is 7.90. The van der Waals surface area contributed by atoms with Gasteiger partial charge >= 0.3 is 6.09 Å². The SMILES string of the molecule is Cc1ccc(S(=O)(=O)n2ccc3c2ncc2cnc(N4CCC(NC(=O)OC(C)(C)C)C4)n23)cc1. The van der Waals surface area contributed by atoms with E-state index in [9.17, 15) is 13.2 Å². The van der Waals surface area contributed by atoms with Crippen molar-refractivity contribution in [2.45, 2.75) is 50.7 Å². The Bertz CT molecular complexity index is 1520. The first kappa shape index (κ1) is 23.2. The third-order valence-corrected chi connectivity index (χ3v) is 7.59. The summed E-state index contributed by atoms with van der Waals surface area (Å²) in [4.78, 5) is 23.5. The van der Waals surface area contributed by atoms with Crippen LogP contribution < -0.4 is 10.2 Å². The van der Waals surface area contributed by atoms with Gasteiger partial charge in [0.25, 0.3) is 10.0 Å². The first-order valence-electron chi connectivity index (χ1n) is 11.4. The van der Waals surface area contributed by atoms with Crippen LogP contribution in [0.4, 0.5) is 10.7 Å². The molecule has 1 amide bonds. The summed E-state index contributed by atoms with van der Waals surface area (Å²) >= 11 is 0. The van der Waals surface area contributed by atoms with Gasteiger partial charge in [-0.2, -0.15) is 0 Å². The minimum absolute atomic E-state index is 0.0824. The lowest BCUT2D eigenvalue weighted by molar-refractivity contribution is 0.0509. The highest BCUT2D eigenvalue weighted by atomic mass is 32.2. The van der Waals surface area contributed by atoms with Gasteiger partial charge in [-0.1, -0.05) is 17.7 Å². The highest BCUT2D eigenvalue weighted by Gasteiger charge is 2.29. The Morgan fingerprint density at radius 3 is 2.54 bits per heavy atom. The Balaban J connectivity index is 1.46. The molecule has 1 atom stereocenters. The molecule has 0 aliphatic carbocycles. The summed E-state index contributed by atoms with van der Waals surface area (Å²) in [5.41, 5.74) is 2.12. The lowest BCUT2D eigenvalue weighted by Gasteiger charge is -2.22. The fourth-order valence-electron chi connectivity index (χ4n) is 4.29. The summed E-state index contributed by atoms with van der Waals surface area (Å²) in [7, 11) is -3.81. The number of alkyl carbamates (subject to hydrolysis) is 1. The number of hydrogen-bond acceptors (Lipinski definition) is 7. The lowest BCUT2D eigenvalue weighted by Crippen LogP contribution is -2.40. The zero-order valence-electron chi connectivity index (χ0n) is 20.1. The molecule has 1 unspecified atom stereocenters. The molecular weight excluding hydrogens is 468 g/mol. The lowest BCUT2D eigenvalue weighted by atomic mass is 10.2. The molecule has 0 radical (unpaired) electrons. The van der Waals surface area contributed by atoms with Gasteiger partial charge in [0, 0.05) is 19.3 Å². The van der Waals surface area contributed by atoms with Crippen molar-refractivity contribution in [3.8, 4) is 0 Å². The molecule has 11 heteroatoms. The molecule has 3 aromatic heterocycles. The van der Waals surface area contributed by atoms with E-state index in [0.29, 0.717) is 30.2 Å². The molecule has 1 aromatic carbocycles. The number of aromatic nitrogens is 4. The van der Waals surface area contributed by atoms with Crippen molar-refractivity contribution in [2.24, 2.45) is 0 Å². The number of carbonyl (C=O) groups is 1. The number of nitrogens with one attached hydrogen (secondary N) is 1. The molecule has 1 fully saturated rings. The first-order chi connectivity index (χ1) is 16.5.